The van der Waals surface area contributed by atoms with Gasteiger partial charge in [-0.2, -0.15) is 0 Å². The highest BCUT2D eigenvalue weighted by atomic mass is 16.5. The van der Waals surface area contributed by atoms with Crippen LogP contribution in [0.25, 0.3) is 0 Å². The third-order valence-electron chi connectivity index (χ3n) is 5.16. The Morgan fingerprint density at radius 3 is 2.07 bits per heavy atom. The predicted octanol–water partition coefficient (Wildman–Crippen LogP) is 2.80. The molecule has 0 aliphatic carbocycles. The normalized spacial score (nSPS) is 18.1. The molecule has 2 aromatic rings. The highest BCUT2D eigenvalue weighted by Gasteiger charge is 2.47. The van der Waals surface area contributed by atoms with E-state index in [1.165, 1.54) is 0 Å². The van der Waals surface area contributed by atoms with Crippen molar-refractivity contribution in [1.29, 1.82) is 0 Å². The van der Waals surface area contributed by atoms with E-state index in [-0.39, 0.29) is 12.4 Å². The van der Waals surface area contributed by atoms with Crippen LogP contribution in [0.15, 0.2) is 30.3 Å². The Hall–Kier alpha value is -2.93. The number of ether oxygens (including phenoxy) is 5. The summed E-state index contributed by atoms with van der Waals surface area (Å²) in [5.41, 5.74) is 0.357. The second kappa shape index (κ2) is 8.21. The maximum atomic E-state index is 13.8. The van der Waals surface area contributed by atoms with E-state index >= 15 is 0 Å². The van der Waals surface area contributed by atoms with Crippen LogP contribution in [0.5, 0.6) is 28.7 Å². The quantitative estimate of drug-likeness (QED) is 0.707. The van der Waals surface area contributed by atoms with Crippen molar-refractivity contribution in [3.05, 3.63) is 41.5 Å². The zero-order chi connectivity index (χ0) is 21.2. The van der Waals surface area contributed by atoms with Crippen LogP contribution in [-0.2, 0) is 5.41 Å². The second-order valence-electron chi connectivity index (χ2n) is 7.21. The van der Waals surface area contributed by atoms with Crippen LogP contribution in [0, 0.1) is 0 Å². The monoisotopic (exact) mass is 401 g/mol. The standard InChI is InChI=1S/C22H27NO6/c1-23(2)12-22(14-7-8-16(25-3)18(9-14)26-4)13-29-17-11-20(28-6)19(27-5)10-15(17)21(22)24/h7-11H,12-13H2,1-6H3/t22-/m1/s1. The van der Waals surface area contributed by atoms with Gasteiger partial charge in [0.05, 0.1) is 34.0 Å². The first-order chi connectivity index (χ1) is 13.9. The minimum atomic E-state index is -0.907. The maximum Gasteiger partial charge on any atom is 0.181 e. The fourth-order valence-electron chi connectivity index (χ4n) is 3.78. The Morgan fingerprint density at radius 1 is 0.897 bits per heavy atom. The fourth-order valence-corrected chi connectivity index (χ4v) is 3.78. The van der Waals surface area contributed by atoms with Crippen molar-refractivity contribution < 1.29 is 28.5 Å². The Balaban J connectivity index is 2.17. The minimum absolute atomic E-state index is 0.0411. The first-order valence-electron chi connectivity index (χ1n) is 9.21. The number of benzene rings is 2. The number of fused-ring (bicyclic) bond motifs is 1. The molecular weight excluding hydrogens is 374 g/mol. The Bertz CT molecular complexity index is 910. The van der Waals surface area contributed by atoms with Crippen LogP contribution in [0.4, 0.5) is 0 Å². The Morgan fingerprint density at radius 2 is 1.48 bits per heavy atom. The summed E-state index contributed by atoms with van der Waals surface area (Å²) in [6.07, 6.45) is 0. The number of nitrogens with zero attached hydrogens (tertiary/aromatic N) is 1. The summed E-state index contributed by atoms with van der Waals surface area (Å²) in [5, 5.41) is 0. The van der Waals surface area contributed by atoms with Crippen LogP contribution in [0.2, 0.25) is 0 Å². The molecule has 7 nitrogen and oxygen atoms in total. The lowest BCUT2D eigenvalue weighted by Crippen LogP contribution is -2.51. The highest BCUT2D eigenvalue weighted by molar-refractivity contribution is 6.08. The summed E-state index contributed by atoms with van der Waals surface area (Å²) < 4.78 is 27.6. The average Bonchev–Trinajstić information content (AvgIpc) is 2.74. The number of hydrogen-bond donors (Lipinski definition) is 0. The largest absolute Gasteiger partial charge is 0.493 e. The molecule has 3 rings (SSSR count). The summed E-state index contributed by atoms with van der Waals surface area (Å²) >= 11 is 0. The molecule has 156 valence electrons. The Kier molecular flexibility index (Phi) is 5.88. The molecule has 1 atom stereocenters. The molecule has 0 bridgehead atoms. The second-order valence-corrected chi connectivity index (χ2v) is 7.21. The summed E-state index contributed by atoms with van der Waals surface area (Å²) in [7, 11) is 10.1. The van der Waals surface area contributed by atoms with Gasteiger partial charge >= 0.3 is 0 Å². The van der Waals surface area contributed by atoms with Crippen LogP contribution >= 0.6 is 0 Å². The van der Waals surface area contributed by atoms with Crippen LogP contribution in [0.3, 0.4) is 0 Å². The number of rotatable bonds is 7. The highest BCUT2D eigenvalue weighted by Crippen LogP contribution is 2.44. The molecule has 0 unspecified atom stereocenters. The van der Waals surface area contributed by atoms with Gasteiger partial charge in [-0.15, -0.1) is 0 Å². The molecule has 1 aliphatic heterocycles. The van der Waals surface area contributed by atoms with E-state index in [0.717, 1.165) is 5.56 Å². The molecule has 0 radical (unpaired) electrons. The number of methoxy groups -OCH3 is 4. The van der Waals surface area contributed by atoms with E-state index in [4.69, 9.17) is 23.7 Å². The van der Waals surface area contributed by atoms with Crippen molar-refractivity contribution in [2.24, 2.45) is 0 Å². The van der Waals surface area contributed by atoms with E-state index in [1.54, 1.807) is 40.6 Å². The number of carbonyl (C=O) groups is 1. The van der Waals surface area contributed by atoms with Crippen LogP contribution in [0.1, 0.15) is 15.9 Å². The first kappa shape index (κ1) is 20.8. The minimum Gasteiger partial charge on any atom is -0.493 e. The lowest BCUT2D eigenvalue weighted by atomic mass is 9.73. The Labute approximate surface area is 171 Å². The molecule has 0 spiro atoms. The van der Waals surface area contributed by atoms with E-state index < -0.39 is 5.41 Å². The van der Waals surface area contributed by atoms with Gasteiger partial charge in [-0.25, -0.2) is 0 Å². The molecule has 0 amide bonds. The van der Waals surface area contributed by atoms with Gasteiger partial charge in [0, 0.05) is 12.6 Å². The SMILES string of the molecule is COc1ccc([C@@]2(CN(C)C)COc3cc(OC)c(OC)cc3C2=O)cc1OC. The molecule has 2 aromatic carbocycles. The fraction of sp³-hybridized carbons (Fsp3) is 0.409. The third kappa shape index (κ3) is 3.58. The van der Waals surface area contributed by atoms with Gasteiger partial charge < -0.3 is 28.6 Å². The topological polar surface area (TPSA) is 66.5 Å². The van der Waals surface area contributed by atoms with Crippen molar-refractivity contribution in [3.8, 4) is 28.7 Å². The summed E-state index contributed by atoms with van der Waals surface area (Å²) in [4.78, 5) is 15.8. The van der Waals surface area contributed by atoms with E-state index in [0.29, 0.717) is 40.9 Å². The van der Waals surface area contributed by atoms with Gasteiger partial charge in [0.2, 0.25) is 0 Å². The number of hydrogen-bond acceptors (Lipinski definition) is 7. The average molecular weight is 401 g/mol. The number of Topliss-reactive ketones (excluding diaryl/α,β-unsaturated/α-hetero) is 1. The van der Waals surface area contributed by atoms with E-state index in [9.17, 15) is 4.79 Å². The smallest absolute Gasteiger partial charge is 0.181 e. The molecule has 1 aliphatic rings. The molecule has 7 heteroatoms. The summed E-state index contributed by atoms with van der Waals surface area (Å²) in [6.45, 7) is 0.664. The third-order valence-corrected chi connectivity index (χ3v) is 5.16. The number of likely N-dealkylation sites (N-methyl/N-ethyl adjacent to an activating group) is 1. The molecular formula is C22H27NO6. The molecule has 0 aromatic heterocycles. The molecule has 0 saturated carbocycles. The molecule has 0 fully saturated rings. The number of carbonyl (C=O) groups excluding carboxylic acids is 1. The summed E-state index contributed by atoms with van der Waals surface area (Å²) in [6, 6.07) is 8.91. The first-order valence-corrected chi connectivity index (χ1v) is 9.21. The van der Waals surface area contributed by atoms with Crippen LogP contribution < -0.4 is 23.7 Å². The lowest BCUT2D eigenvalue weighted by Gasteiger charge is -2.39. The van der Waals surface area contributed by atoms with Gasteiger partial charge in [0.25, 0.3) is 0 Å². The van der Waals surface area contributed by atoms with Gasteiger partial charge in [-0.1, -0.05) is 6.07 Å². The molecule has 0 saturated heterocycles. The van der Waals surface area contributed by atoms with Crippen molar-refractivity contribution in [2.75, 3.05) is 55.7 Å². The van der Waals surface area contributed by atoms with Crippen molar-refractivity contribution >= 4 is 5.78 Å². The van der Waals surface area contributed by atoms with Crippen molar-refractivity contribution in [1.82, 2.24) is 4.90 Å². The predicted molar refractivity (Wildman–Crippen MR) is 109 cm³/mol. The zero-order valence-corrected chi connectivity index (χ0v) is 17.7. The van der Waals surface area contributed by atoms with E-state index in [2.05, 4.69) is 0 Å². The van der Waals surface area contributed by atoms with Gasteiger partial charge in [-0.3, -0.25) is 4.79 Å². The van der Waals surface area contributed by atoms with Crippen LogP contribution in [-0.4, -0.2) is 66.4 Å². The lowest BCUT2D eigenvalue weighted by molar-refractivity contribution is 0.0715. The van der Waals surface area contributed by atoms with Gasteiger partial charge in [0.1, 0.15) is 17.8 Å². The molecule has 0 N–H and O–H groups in total. The van der Waals surface area contributed by atoms with Gasteiger partial charge in [-0.05, 0) is 37.9 Å². The van der Waals surface area contributed by atoms with Crippen molar-refractivity contribution in [3.63, 3.8) is 0 Å². The molecule has 29 heavy (non-hydrogen) atoms. The molecule has 1 heterocycles. The zero-order valence-electron chi connectivity index (χ0n) is 17.7. The maximum absolute atomic E-state index is 13.8. The van der Waals surface area contributed by atoms with Gasteiger partial charge in [0.15, 0.2) is 28.8 Å². The van der Waals surface area contributed by atoms with E-state index in [1.807, 2.05) is 37.2 Å². The summed E-state index contributed by atoms with van der Waals surface area (Å²) in [5.74, 6) is 2.62. The van der Waals surface area contributed by atoms with Crippen molar-refractivity contribution in [2.45, 2.75) is 5.41 Å². The number of ketones is 1.